The fourth-order valence-electron chi connectivity index (χ4n) is 1.50. The lowest BCUT2D eigenvalue weighted by molar-refractivity contribution is 0.364. The zero-order valence-electron chi connectivity index (χ0n) is 10.7. The summed E-state index contributed by atoms with van der Waals surface area (Å²) in [7, 11) is 0. The van der Waals surface area contributed by atoms with E-state index in [0.717, 1.165) is 22.9 Å². The van der Waals surface area contributed by atoms with Crippen LogP contribution in [0.1, 0.15) is 25.1 Å². The van der Waals surface area contributed by atoms with E-state index in [1.165, 1.54) is 0 Å². The van der Waals surface area contributed by atoms with E-state index in [1.807, 2.05) is 24.3 Å². The number of benzene rings is 1. The Hall–Kier alpha value is -1.04. The molecule has 1 aromatic heterocycles. The van der Waals surface area contributed by atoms with Crippen LogP contribution in [-0.4, -0.2) is 16.7 Å². The van der Waals surface area contributed by atoms with E-state index in [1.54, 1.807) is 11.8 Å². The number of thioether (sulfide) groups is 1. The molecule has 0 aliphatic rings. The zero-order valence-corrected chi connectivity index (χ0v) is 12.3. The molecule has 2 aromatic rings. The van der Waals surface area contributed by atoms with Gasteiger partial charge in [-0.1, -0.05) is 29.7 Å². The molecule has 0 aliphatic carbocycles. The lowest BCUT2D eigenvalue weighted by Crippen LogP contribution is -2.13. The Balaban J connectivity index is 1.83. The first kappa shape index (κ1) is 14.4. The third-order valence-electron chi connectivity index (χ3n) is 2.38. The molecule has 0 aliphatic heterocycles. The molecule has 0 radical (unpaired) electrons. The van der Waals surface area contributed by atoms with Gasteiger partial charge in [-0.05, 0) is 31.2 Å². The van der Waals surface area contributed by atoms with Crippen LogP contribution in [0.5, 0.6) is 0 Å². The van der Waals surface area contributed by atoms with Crippen LogP contribution in [-0.2, 0) is 12.3 Å². The van der Waals surface area contributed by atoms with Crippen molar-refractivity contribution < 1.29 is 4.52 Å². The van der Waals surface area contributed by atoms with Gasteiger partial charge in [0.25, 0.3) is 0 Å². The van der Waals surface area contributed by atoms with Gasteiger partial charge in [-0.3, -0.25) is 0 Å². The maximum Gasteiger partial charge on any atom is 0.240 e. The monoisotopic (exact) mass is 297 g/mol. The van der Waals surface area contributed by atoms with Crippen LogP contribution in [0.4, 0.5) is 0 Å². The Morgan fingerprint density at radius 1 is 1.42 bits per heavy atom. The molecule has 0 atom stereocenters. The summed E-state index contributed by atoms with van der Waals surface area (Å²) in [6.45, 7) is 3.70. The molecule has 0 saturated carbocycles. The molecular formula is C13H16ClN3OS. The van der Waals surface area contributed by atoms with Crippen molar-refractivity contribution in [2.45, 2.75) is 30.5 Å². The molecule has 102 valence electrons. The first-order valence-electron chi connectivity index (χ1n) is 6.18. The first-order valence-corrected chi connectivity index (χ1v) is 7.55. The summed E-state index contributed by atoms with van der Waals surface area (Å²) in [6, 6.07) is 7.73. The van der Waals surface area contributed by atoms with E-state index in [2.05, 4.69) is 22.4 Å². The van der Waals surface area contributed by atoms with Crippen molar-refractivity contribution in [1.29, 1.82) is 0 Å². The maximum atomic E-state index is 5.93. The van der Waals surface area contributed by atoms with Crippen LogP contribution in [0.3, 0.4) is 0 Å². The summed E-state index contributed by atoms with van der Waals surface area (Å²) >= 11 is 7.57. The molecule has 1 N–H and O–H groups in total. The molecule has 1 aromatic carbocycles. The van der Waals surface area contributed by atoms with E-state index in [0.29, 0.717) is 24.0 Å². The lowest BCUT2D eigenvalue weighted by Gasteiger charge is -1.98. The molecule has 0 fully saturated rings. The van der Waals surface area contributed by atoms with Gasteiger partial charge in [-0.15, -0.1) is 11.8 Å². The smallest absolute Gasteiger partial charge is 0.240 e. The van der Waals surface area contributed by atoms with Crippen LogP contribution in [0, 0.1) is 0 Å². The van der Waals surface area contributed by atoms with E-state index in [4.69, 9.17) is 16.1 Å². The third-order valence-corrected chi connectivity index (χ3v) is 3.60. The number of aromatic nitrogens is 2. The van der Waals surface area contributed by atoms with E-state index in [9.17, 15) is 0 Å². The summed E-state index contributed by atoms with van der Waals surface area (Å²) in [6.07, 6.45) is 1.09. The van der Waals surface area contributed by atoms with Gasteiger partial charge in [-0.25, -0.2) is 0 Å². The van der Waals surface area contributed by atoms with E-state index in [-0.39, 0.29) is 0 Å². The van der Waals surface area contributed by atoms with Crippen molar-refractivity contribution >= 4 is 23.4 Å². The quantitative estimate of drug-likeness (QED) is 0.626. The van der Waals surface area contributed by atoms with Crippen LogP contribution in [0.2, 0.25) is 5.02 Å². The fraction of sp³-hybridized carbons (Fsp3) is 0.385. The van der Waals surface area contributed by atoms with Gasteiger partial charge in [0.2, 0.25) is 5.89 Å². The summed E-state index contributed by atoms with van der Waals surface area (Å²) in [5.41, 5.74) is 0. The largest absolute Gasteiger partial charge is 0.338 e. The number of hydrogen-bond acceptors (Lipinski definition) is 5. The highest BCUT2D eigenvalue weighted by Crippen LogP contribution is 2.24. The minimum Gasteiger partial charge on any atom is -0.338 e. The average molecular weight is 298 g/mol. The molecule has 0 unspecified atom stereocenters. The van der Waals surface area contributed by atoms with Gasteiger partial charge in [-0.2, -0.15) is 4.98 Å². The number of hydrogen-bond donors (Lipinski definition) is 1. The van der Waals surface area contributed by atoms with Crippen molar-refractivity contribution in [2.24, 2.45) is 0 Å². The molecule has 0 saturated heterocycles. The Bertz CT molecular complexity index is 518. The Morgan fingerprint density at radius 3 is 3.11 bits per heavy atom. The van der Waals surface area contributed by atoms with Crippen molar-refractivity contribution in [3.8, 4) is 0 Å². The van der Waals surface area contributed by atoms with Crippen molar-refractivity contribution in [1.82, 2.24) is 15.5 Å². The van der Waals surface area contributed by atoms with Crippen molar-refractivity contribution in [3.63, 3.8) is 0 Å². The summed E-state index contributed by atoms with van der Waals surface area (Å²) in [5.74, 6) is 2.02. The maximum absolute atomic E-state index is 5.93. The van der Waals surface area contributed by atoms with Crippen LogP contribution >= 0.6 is 23.4 Å². The van der Waals surface area contributed by atoms with Crippen LogP contribution in [0.25, 0.3) is 0 Å². The second-order valence-corrected chi connectivity index (χ2v) is 5.51. The second-order valence-electron chi connectivity index (χ2n) is 4.03. The van der Waals surface area contributed by atoms with E-state index >= 15 is 0 Å². The highest BCUT2D eigenvalue weighted by Gasteiger charge is 2.06. The fourth-order valence-corrected chi connectivity index (χ4v) is 2.55. The second kappa shape index (κ2) is 7.53. The SMILES string of the molecule is CCCNCc1nc(CSc2cccc(Cl)c2)no1. The lowest BCUT2D eigenvalue weighted by atomic mass is 10.4. The topological polar surface area (TPSA) is 51.0 Å². The number of rotatable bonds is 7. The van der Waals surface area contributed by atoms with Gasteiger partial charge < -0.3 is 9.84 Å². The highest BCUT2D eigenvalue weighted by molar-refractivity contribution is 7.98. The average Bonchev–Trinajstić information content (AvgIpc) is 2.85. The predicted octanol–water partition coefficient (Wildman–Crippen LogP) is 3.51. The van der Waals surface area contributed by atoms with Crippen molar-refractivity contribution in [2.75, 3.05) is 6.54 Å². The summed E-state index contributed by atoms with van der Waals surface area (Å²) in [5, 5.41) is 7.92. The Labute approximate surface area is 121 Å². The first-order chi connectivity index (χ1) is 9.28. The molecule has 19 heavy (non-hydrogen) atoms. The molecule has 2 rings (SSSR count). The van der Waals surface area contributed by atoms with Gasteiger partial charge in [0.1, 0.15) is 0 Å². The molecule has 0 amide bonds. The minimum atomic E-state index is 0.628. The molecule has 1 heterocycles. The number of nitrogens with one attached hydrogen (secondary N) is 1. The Kier molecular flexibility index (Phi) is 5.69. The van der Waals surface area contributed by atoms with Gasteiger partial charge in [0.15, 0.2) is 5.82 Å². The molecular weight excluding hydrogens is 282 g/mol. The van der Waals surface area contributed by atoms with Crippen LogP contribution in [0.15, 0.2) is 33.7 Å². The zero-order chi connectivity index (χ0) is 13.5. The van der Waals surface area contributed by atoms with Gasteiger partial charge in [0, 0.05) is 9.92 Å². The minimum absolute atomic E-state index is 0.628. The van der Waals surface area contributed by atoms with Gasteiger partial charge in [0.05, 0.1) is 12.3 Å². The third kappa shape index (κ3) is 4.86. The van der Waals surface area contributed by atoms with Gasteiger partial charge >= 0.3 is 0 Å². The molecule has 4 nitrogen and oxygen atoms in total. The predicted molar refractivity (Wildman–Crippen MR) is 77.3 cm³/mol. The highest BCUT2D eigenvalue weighted by atomic mass is 35.5. The van der Waals surface area contributed by atoms with Crippen molar-refractivity contribution in [3.05, 3.63) is 41.0 Å². The molecule has 0 bridgehead atoms. The number of nitrogens with zero attached hydrogens (tertiary/aromatic N) is 2. The standard InChI is InChI=1S/C13H16ClN3OS/c1-2-6-15-8-13-16-12(17-18-13)9-19-11-5-3-4-10(14)7-11/h3-5,7,15H,2,6,8-9H2,1H3. The summed E-state index contributed by atoms with van der Waals surface area (Å²) < 4.78 is 5.16. The molecule has 0 spiro atoms. The van der Waals surface area contributed by atoms with E-state index < -0.39 is 0 Å². The Morgan fingerprint density at radius 2 is 2.32 bits per heavy atom. The number of halogens is 1. The molecule has 6 heteroatoms. The summed E-state index contributed by atoms with van der Waals surface area (Å²) in [4.78, 5) is 5.43. The normalized spacial score (nSPS) is 10.8. The van der Waals surface area contributed by atoms with Crippen LogP contribution < -0.4 is 5.32 Å².